The van der Waals surface area contributed by atoms with Gasteiger partial charge in [0.25, 0.3) is 0 Å². The molecule has 0 aliphatic carbocycles. The van der Waals surface area contributed by atoms with Gasteiger partial charge in [-0.15, -0.1) is 20.4 Å². The monoisotopic (exact) mass is 264 g/mol. The van der Waals surface area contributed by atoms with E-state index in [1.165, 1.54) is 0 Å². The molecule has 2 heterocycles. The molecular weight excluding hydrogens is 252 g/mol. The Balaban J connectivity index is 1.89. The van der Waals surface area contributed by atoms with Crippen molar-refractivity contribution in [3.63, 3.8) is 0 Å². The maximum atomic E-state index is 5.56. The molecule has 6 nitrogen and oxygen atoms in total. The Hall–Kier alpha value is -2.73. The van der Waals surface area contributed by atoms with Crippen LogP contribution in [0, 0.1) is 0 Å². The van der Waals surface area contributed by atoms with Gasteiger partial charge in [0.15, 0.2) is 0 Å². The molecule has 0 spiro atoms. The lowest BCUT2D eigenvalue weighted by atomic mass is 10.1. The van der Waals surface area contributed by atoms with Crippen molar-refractivity contribution in [3.8, 4) is 22.9 Å². The predicted octanol–water partition coefficient (Wildman–Crippen LogP) is 1.45. The first kappa shape index (κ1) is 12.3. The molecule has 2 N–H and O–H groups in total. The minimum Gasteiger partial charge on any atom is -0.326 e. The van der Waals surface area contributed by atoms with Crippen molar-refractivity contribution in [2.45, 2.75) is 6.54 Å². The van der Waals surface area contributed by atoms with E-state index in [-0.39, 0.29) is 0 Å². The van der Waals surface area contributed by atoms with Crippen molar-refractivity contribution < 1.29 is 0 Å². The van der Waals surface area contributed by atoms with Crippen LogP contribution in [0.25, 0.3) is 22.9 Å². The summed E-state index contributed by atoms with van der Waals surface area (Å²) in [6.45, 7) is 0.510. The molecule has 0 amide bonds. The van der Waals surface area contributed by atoms with Gasteiger partial charge in [-0.05, 0) is 17.7 Å². The van der Waals surface area contributed by atoms with Gasteiger partial charge < -0.3 is 5.73 Å². The van der Waals surface area contributed by atoms with E-state index in [4.69, 9.17) is 5.73 Å². The topological polar surface area (TPSA) is 90.5 Å². The Bertz CT molecular complexity index is 679. The first-order valence-corrected chi connectivity index (χ1v) is 6.15. The van der Waals surface area contributed by atoms with Crippen molar-refractivity contribution in [1.82, 2.24) is 25.4 Å². The molecule has 0 bridgehead atoms. The summed E-state index contributed by atoms with van der Waals surface area (Å²) in [7, 11) is 0. The minimum absolute atomic E-state index is 0.410. The molecule has 0 saturated heterocycles. The summed E-state index contributed by atoms with van der Waals surface area (Å²) >= 11 is 0. The van der Waals surface area contributed by atoms with Gasteiger partial charge in [0.05, 0.1) is 0 Å². The van der Waals surface area contributed by atoms with Gasteiger partial charge >= 0.3 is 0 Å². The molecule has 0 aliphatic rings. The van der Waals surface area contributed by atoms with Gasteiger partial charge in [0, 0.05) is 18.3 Å². The molecule has 20 heavy (non-hydrogen) atoms. The second-order valence-corrected chi connectivity index (χ2v) is 4.16. The largest absolute Gasteiger partial charge is 0.326 e. The lowest BCUT2D eigenvalue weighted by Crippen LogP contribution is -2.00. The minimum atomic E-state index is 0.410. The highest BCUT2D eigenvalue weighted by Crippen LogP contribution is 2.15. The normalized spacial score (nSPS) is 10.4. The molecule has 2 aromatic heterocycles. The summed E-state index contributed by atoms with van der Waals surface area (Å²) in [6.07, 6.45) is 1.68. The SMILES string of the molecule is NCc1ccc(-c2nnc(-c3ccccn3)nn2)cc1. The van der Waals surface area contributed by atoms with Crippen LogP contribution < -0.4 is 5.73 Å². The zero-order valence-electron chi connectivity index (χ0n) is 10.6. The van der Waals surface area contributed by atoms with E-state index in [0.29, 0.717) is 23.9 Å². The van der Waals surface area contributed by atoms with E-state index >= 15 is 0 Å². The average Bonchev–Trinajstić information content (AvgIpc) is 2.56. The molecule has 6 heteroatoms. The molecule has 0 fully saturated rings. The molecule has 0 atom stereocenters. The molecule has 0 radical (unpaired) electrons. The smallest absolute Gasteiger partial charge is 0.221 e. The van der Waals surface area contributed by atoms with Gasteiger partial charge in [-0.1, -0.05) is 30.3 Å². The number of nitrogens with zero attached hydrogens (tertiary/aromatic N) is 5. The maximum Gasteiger partial charge on any atom is 0.221 e. The summed E-state index contributed by atoms with van der Waals surface area (Å²) in [5, 5.41) is 16.3. The highest BCUT2D eigenvalue weighted by Gasteiger charge is 2.06. The number of hydrogen-bond acceptors (Lipinski definition) is 6. The highest BCUT2D eigenvalue weighted by atomic mass is 15.3. The number of nitrogens with two attached hydrogens (primary N) is 1. The number of benzene rings is 1. The van der Waals surface area contributed by atoms with E-state index in [0.717, 1.165) is 11.1 Å². The van der Waals surface area contributed by atoms with E-state index < -0.39 is 0 Å². The van der Waals surface area contributed by atoms with E-state index in [2.05, 4.69) is 25.4 Å². The Labute approximate surface area is 115 Å². The van der Waals surface area contributed by atoms with Crippen LogP contribution in [0.5, 0.6) is 0 Å². The summed E-state index contributed by atoms with van der Waals surface area (Å²) in [4.78, 5) is 4.16. The van der Waals surface area contributed by atoms with Crippen molar-refractivity contribution in [1.29, 1.82) is 0 Å². The van der Waals surface area contributed by atoms with Crippen LogP contribution in [0.15, 0.2) is 48.7 Å². The Kier molecular flexibility index (Phi) is 3.38. The van der Waals surface area contributed by atoms with Gasteiger partial charge in [0.2, 0.25) is 11.6 Å². The van der Waals surface area contributed by atoms with Crippen LogP contribution >= 0.6 is 0 Å². The van der Waals surface area contributed by atoms with E-state index in [9.17, 15) is 0 Å². The summed E-state index contributed by atoms with van der Waals surface area (Å²) in [6, 6.07) is 13.2. The fourth-order valence-corrected chi connectivity index (χ4v) is 1.73. The van der Waals surface area contributed by atoms with Crippen LogP contribution in [-0.2, 0) is 6.54 Å². The van der Waals surface area contributed by atoms with Crippen molar-refractivity contribution in [2.24, 2.45) is 5.73 Å². The zero-order valence-corrected chi connectivity index (χ0v) is 10.6. The van der Waals surface area contributed by atoms with Gasteiger partial charge in [-0.25, -0.2) is 0 Å². The third-order valence-electron chi connectivity index (χ3n) is 2.82. The molecule has 1 aromatic carbocycles. The molecule has 0 unspecified atom stereocenters. The highest BCUT2D eigenvalue weighted by molar-refractivity contribution is 5.55. The Morgan fingerprint density at radius 3 is 2.10 bits per heavy atom. The third kappa shape index (κ3) is 2.50. The van der Waals surface area contributed by atoms with Crippen LogP contribution in [-0.4, -0.2) is 25.4 Å². The number of aromatic nitrogens is 5. The Morgan fingerprint density at radius 1 is 0.800 bits per heavy atom. The molecule has 0 saturated carbocycles. The summed E-state index contributed by atoms with van der Waals surface area (Å²) < 4.78 is 0. The first-order chi connectivity index (χ1) is 9.86. The summed E-state index contributed by atoms with van der Waals surface area (Å²) in [5.41, 5.74) is 8.12. The number of rotatable bonds is 3. The number of pyridine rings is 1. The lowest BCUT2D eigenvalue weighted by Gasteiger charge is -2.01. The molecule has 3 rings (SSSR count). The van der Waals surface area contributed by atoms with Crippen molar-refractivity contribution in [3.05, 3.63) is 54.2 Å². The van der Waals surface area contributed by atoms with Crippen molar-refractivity contribution >= 4 is 0 Å². The molecule has 98 valence electrons. The Morgan fingerprint density at radius 2 is 1.50 bits per heavy atom. The fraction of sp³-hybridized carbons (Fsp3) is 0.0714. The lowest BCUT2D eigenvalue weighted by molar-refractivity contribution is 0.870. The van der Waals surface area contributed by atoms with Gasteiger partial charge in [-0.3, -0.25) is 4.98 Å². The maximum absolute atomic E-state index is 5.56. The quantitative estimate of drug-likeness (QED) is 0.770. The standard InChI is InChI=1S/C14H12N6/c15-9-10-4-6-11(7-5-10)13-17-19-14(20-18-13)12-3-1-2-8-16-12/h1-8H,9,15H2. The zero-order chi connectivity index (χ0) is 13.8. The predicted molar refractivity (Wildman–Crippen MR) is 74.2 cm³/mol. The van der Waals surface area contributed by atoms with Crippen LogP contribution in [0.4, 0.5) is 0 Å². The molecular formula is C14H12N6. The van der Waals surface area contributed by atoms with Gasteiger partial charge in [-0.2, -0.15) is 0 Å². The van der Waals surface area contributed by atoms with E-state index in [1.54, 1.807) is 6.20 Å². The van der Waals surface area contributed by atoms with E-state index in [1.807, 2.05) is 42.5 Å². The number of hydrogen-bond donors (Lipinski definition) is 1. The fourth-order valence-electron chi connectivity index (χ4n) is 1.73. The summed E-state index contributed by atoms with van der Waals surface area (Å²) in [5.74, 6) is 0.890. The third-order valence-corrected chi connectivity index (χ3v) is 2.82. The van der Waals surface area contributed by atoms with Crippen LogP contribution in [0.2, 0.25) is 0 Å². The molecule has 0 aliphatic heterocycles. The van der Waals surface area contributed by atoms with Gasteiger partial charge in [0.1, 0.15) is 5.69 Å². The van der Waals surface area contributed by atoms with Crippen LogP contribution in [0.3, 0.4) is 0 Å². The van der Waals surface area contributed by atoms with Crippen LogP contribution in [0.1, 0.15) is 5.56 Å². The second-order valence-electron chi connectivity index (χ2n) is 4.16. The van der Waals surface area contributed by atoms with Crippen molar-refractivity contribution in [2.75, 3.05) is 0 Å². The molecule has 3 aromatic rings. The first-order valence-electron chi connectivity index (χ1n) is 6.15. The average molecular weight is 264 g/mol. The second kappa shape index (κ2) is 5.50.